The normalized spacial score (nSPS) is 16.2. The lowest BCUT2D eigenvalue weighted by Crippen LogP contribution is -2.44. The van der Waals surface area contributed by atoms with Gasteiger partial charge in [0, 0.05) is 25.3 Å². The van der Waals surface area contributed by atoms with Crippen molar-refractivity contribution in [2.24, 2.45) is 0 Å². The fourth-order valence-corrected chi connectivity index (χ4v) is 4.39. The molecule has 3 heterocycles. The van der Waals surface area contributed by atoms with Crippen LogP contribution in [0.15, 0.2) is 36.7 Å². The number of aromatic nitrogens is 3. The summed E-state index contributed by atoms with van der Waals surface area (Å²) < 4.78 is 0. The topological polar surface area (TPSA) is 120 Å². The Balaban J connectivity index is 1.56. The zero-order valence-corrected chi connectivity index (χ0v) is 18.5. The monoisotopic (exact) mass is 435 g/mol. The number of likely N-dealkylation sites (tertiary alicyclic amines) is 1. The minimum atomic E-state index is -0.695. The molecule has 32 heavy (non-hydrogen) atoms. The summed E-state index contributed by atoms with van der Waals surface area (Å²) in [6, 6.07) is 8.16. The predicted octanol–water partition coefficient (Wildman–Crippen LogP) is 3.08. The molecule has 0 bridgehead atoms. The van der Waals surface area contributed by atoms with E-state index in [0.29, 0.717) is 29.0 Å². The summed E-state index contributed by atoms with van der Waals surface area (Å²) in [5.41, 5.74) is 8.96. The quantitative estimate of drug-likeness (QED) is 0.530. The number of hydrogen-bond acceptors (Lipinski definition) is 6. The van der Waals surface area contributed by atoms with Crippen LogP contribution in [0.3, 0.4) is 0 Å². The number of rotatable bonds is 5. The molecular formula is C23H29N7O2. The van der Waals surface area contributed by atoms with Gasteiger partial charge < -0.3 is 20.9 Å². The van der Waals surface area contributed by atoms with Crippen LogP contribution in [0.1, 0.15) is 44.7 Å². The van der Waals surface area contributed by atoms with Gasteiger partial charge in [-0.05, 0) is 50.8 Å². The molecule has 168 valence electrons. The molecule has 4 rings (SSSR count). The highest BCUT2D eigenvalue weighted by atomic mass is 16.2. The summed E-state index contributed by atoms with van der Waals surface area (Å²) in [5, 5.41) is 10.0. The van der Waals surface area contributed by atoms with Crippen molar-refractivity contribution in [3.8, 4) is 0 Å². The maximum atomic E-state index is 13.2. The van der Waals surface area contributed by atoms with E-state index in [1.807, 2.05) is 12.1 Å². The largest absolute Gasteiger partial charge is 0.383 e. The lowest BCUT2D eigenvalue weighted by Gasteiger charge is -2.36. The van der Waals surface area contributed by atoms with Crippen molar-refractivity contribution in [3.63, 3.8) is 0 Å². The SMILES string of the molecule is CCN(CC)c1cccc(C2CCCCN2C(=O)C(=O)Nc2cnc(N)c3cn[nH]c23)c1. The number of amides is 2. The van der Waals surface area contributed by atoms with Crippen LogP contribution in [0, 0.1) is 0 Å². The summed E-state index contributed by atoms with van der Waals surface area (Å²) >= 11 is 0. The molecule has 3 aromatic rings. The Labute approximate surface area is 187 Å². The van der Waals surface area contributed by atoms with E-state index in [2.05, 4.69) is 51.4 Å². The number of hydrogen-bond donors (Lipinski definition) is 3. The smallest absolute Gasteiger partial charge is 0.314 e. The number of nitrogens with two attached hydrogens (primary N) is 1. The van der Waals surface area contributed by atoms with Crippen LogP contribution in [0.4, 0.5) is 17.2 Å². The Morgan fingerprint density at radius 2 is 2.06 bits per heavy atom. The molecule has 4 N–H and O–H groups in total. The molecule has 1 saturated heterocycles. The molecule has 1 fully saturated rings. The van der Waals surface area contributed by atoms with Gasteiger partial charge >= 0.3 is 11.8 Å². The first-order chi connectivity index (χ1) is 15.5. The van der Waals surface area contributed by atoms with Gasteiger partial charge in [-0.1, -0.05) is 12.1 Å². The van der Waals surface area contributed by atoms with E-state index in [0.717, 1.165) is 43.6 Å². The number of benzene rings is 1. The Morgan fingerprint density at radius 3 is 2.84 bits per heavy atom. The second-order valence-corrected chi connectivity index (χ2v) is 7.95. The number of piperidine rings is 1. The number of pyridine rings is 1. The van der Waals surface area contributed by atoms with Gasteiger partial charge in [-0.3, -0.25) is 14.7 Å². The van der Waals surface area contributed by atoms with Gasteiger partial charge in [0.15, 0.2) is 0 Å². The number of nitrogen functional groups attached to an aromatic ring is 1. The zero-order valence-electron chi connectivity index (χ0n) is 18.5. The van der Waals surface area contributed by atoms with E-state index in [-0.39, 0.29) is 6.04 Å². The number of anilines is 3. The Bertz CT molecular complexity index is 1120. The predicted molar refractivity (Wildman–Crippen MR) is 125 cm³/mol. The Hall–Kier alpha value is -3.62. The van der Waals surface area contributed by atoms with Gasteiger partial charge in [-0.2, -0.15) is 5.10 Å². The summed E-state index contributed by atoms with van der Waals surface area (Å²) in [6.07, 6.45) is 5.69. The number of carbonyl (C=O) groups is 2. The van der Waals surface area contributed by atoms with Crippen LogP contribution in [-0.4, -0.2) is 51.5 Å². The summed E-state index contributed by atoms with van der Waals surface area (Å²) in [6.45, 7) is 6.62. The Morgan fingerprint density at radius 1 is 1.25 bits per heavy atom. The molecule has 1 aromatic carbocycles. The average Bonchev–Trinajstić information content (AvgIpc) is 3.33. The number of nitrogens with zero attached hydrogens (tertiary/aromatic N) is 4. The van der Waals surface area contributed by atoms with Crippen molar-refractivity contribution in [1.82, 2.24) is 20.1 Å². The third-order valence-corrected chi connectivity index (χ3v) is 6.11. The second kappa shape index (κ2) is 9.25. The summed E-state index contributed by atoms with van der Waals surface area (Å²) in [5.74, 6) is -0.936. The minimum Gasteiger partial charge on any atom is -0.383 e. The maximum Gasteiger partial charge on any atom is 0.314 e. The molecule has 9 heteroatoms. The molecule has 2 amide bonds. The highest BCUT2D eigenvalue weighted by molar-refractivity contribution is 6.40. The molecule has 0 radical (unpaired) electrons. The van der Waals surface area contributed by atoms with Crippen LogP contribution in [-0.2, 0) is 9.59 Å². The fourth-order valence-electron chi connectivity index (χ4n) is 4.39. The van der Waals surface area contributed by atoms with Crippen LogP contribution >= 0.6 is 0 Å². The summed E-state index contributed by atoms with van der Waals surface area (Å²) in [4.78, 5) is 34.1. The lowest BCUT2D eigenvalue weighted by molar-refractivity contribution is -0.145. The maximum absolute atomic E-state index is 13.2. The highest BCUT2D eigenvalue weighted by Crippen LogP contribution is 2.33. The van der Waals surface area contributed by atoms with Crippen molar-refractivity contribution in [3.05, 3.63) is 42.2 Å². The number of fused-ring (bicyclic) bond motifs is 1. The molecule has 1 aliphatic heterocycles. The average molecular weight is 436 g/mol. The van der Waals surface area contributed by atoms with Crippen LogP contribution < -0.4 is 16.0 Å². The van der Waals surface area contributed by atoms with Gasteiger partial charge in [-0.25, -0.2) is 4.98 Å². The van der Waals surface area contributed by atoms with E-state index >= 15 is 0 Å². The Kier molecular flexibility index (Phi) is 6.25. The third kappa shape index (κ3) is 4.10. The van der Waals surface area contributed by atoms with Crippen molar-refractivity contribution in [1.29, 1.82) is 0 Å². The van der Waals surface area contributed by atoms with Crippen LogP contribution in [0.2, 0.25) is 0 Å². The first-order valence-corrected chi connectivity index (χ1v) is 11.1. The van der Waals surface area contributed by atoms with E-state index in [4.69, 9.17) is 5.73 Å². The van der Waals surface area contributed by atoms with Crippen molar-refractivity contribution >= 4 is 39.9 Å². The molecule has 1 atom stereocenters. The molecule has 0 aliphatic carbocycles. The number of aromatic amines is 1. The molecule has 0 saturated carbocycles. The number of carbonyl (C=O) groups excluding carboxylic acids is 2. The van der Waals surface area contributed by atoms with Gasteiger partial charge in [0.05, 0.1) is 35.0 Å². The van der Waals surface area contributed by atoms with E-state index < -0.39 is 11.8 Å². The van der Waals surface area contributed by atoms with Gasteiger partial charge in [-0.15, -0.1) is 0 Å². The fraction of sp³-hybridized carbons (Fsp3) is 0.391. The van der Waals surface area contributed by atoms with Gasteiger partial charge in [0.25, 0.3) is 0 Å². The summed E-state index contributed by atoms with van der Waals surface area (Å²) in [7, 11) is 0. The van der Waals surface area contributed by atoms with Crippen molar-refractivity contribution in [2.75, 3.05) is 35.6 Å². The first-order valence-electron chi connectivity index (χ1n) is 11.1. The van der Waals surface area contributed by atoms with Crippen molar-refractivity contribution < 1.29 is 9.59 Å². The molecule has 9 nitrogen and oxygen atoms in total. The van der Waals surface area contributed by atoms with E-state index in [1.165, 1.54) is 6.20 Å². The van der Waals surface area contributed by atoms with E-state index in [9.17, 15) is 9.59 Å². The molecule has 1 aliphatic rings. The minimum absolute atomic E-state index is 0.130. The van der Waals surface area contributed by atoms with Crippen molar-refractivity contribution in [2.45, 2.75) is 39.2 Å². The number of nitrogens with one attached hydrogen (secondary N) is 2. The lowest BCUT2D eigenvalue weighted by atomic mass is 9.94. The second-order valence-electron chi connectivity index (χ2n) is 7.95. The highest BCUT2D eigenvalue weighted by Gasteiger charge is 2.32. The third-order valence-electron chi connectivity index (χ3n) is 6.11. The number of H-pyrrole nitrogens is 1. The molecule has 0 spiro atoms. The van der Waals surface area contributed by atoms with Crippen LogP contribution in [0.5, 0.6) is 0 Å². The van der Waals surface area contributed by atoms with Gasteiger partial charge in [0.1, 0.15) is 5.82 Å². The molecule has 2 aromatic heterocycles. The van der Waals surface area contributed by atoms with E-state index in [1.54, 1.807) is 11.1 Å². The molecule has 1 unspecified atom stereocenters. The molecular weight excluding hydrogens is 406 g/mol. The zero-order chi connectivity index (χ0) is 22.7. The standard InChI is InChI=1S/C23H29N7O2/c1-3-29(4-2)16-9-7-8-15(12-16)19-10-5-6-11-30(19)23(32)22(31)27-18-14-25-21(24)17-13-26-28-20(17)18/h7-9,12-14,19H,3-6,10-11H2,1-2H3,(H2,24,25)(H,26,28)(H,27,31). The first kappa shape index (κ1) is 21.6. The van der Waals surface area contributed by atoms with Crippen LogP contribution in [0.25, 0.3) is 10.9 Å². The van der Waals surface area contributed by atoms with Gasteiger partial charge in [0.2, 0.25) is 0 Å².